The summed E-state index contributed by atoms with van der Waals surface area (Å²) in [7, 11) is 0. The Morgan fingerprint density at radius 2 is 2.00 bits per heavy atom. The van der Waals surface area contributed by atoms with E-state index in [1.54, 1.807) is 0 Å². The predicted octanol–water partition coefficient (Wildman–Crippen LogP) is 3.02. The largest absolute Gasteiger partial charge is 0.328 e. The average molecular weight is 226 g/mol. The smallest absolute Gasteiger partial charge is 0.00509 e. The zero-order valence-corrected chi connectivity index (χ0v) is 11.3. The third-order valence-corrected chi connectivity index (χ3v) is 3.86. The Hall–Kier alpha value is -0.0800. The van der Waals surface area contributed by atoms with Gasteiger partial charge < -0.3 is 10.6 Å². The van der Waals surface area contributed by atoms with Crippen molar-refractivity contribution in [2.24, 2.45) is 11.7 Å². The first kappa shape index (κ1) is 14.0. The highest BCUT2D eigenvalue weighted by Crippen LogP contribution is 2.19. The van der Waals surface area contributed by atoms with Gasteiger partial charge in [-0.05, 0) is 45.2 Å². The molecule has 2 heteroatoms. The van der Waals surface area contributed by atoms with E-state index >= 15 is 0 Å². The highest BCUT2D eigenvalue weighted by Gasteiger charge is 2.21. The molecule has 0 aromatic rings. The third kappa shape index (κ3) is 5.31. The summed E-state index contributed by atoms with van der Waals surface area (Å²) in [4.78, 5) is 2.63. The molecule has 1 heterocycles. The summed E-state index contributed by atoms with van der Waals surface area (Å²) in [6.07, 6.45) is 9.64. The molecule has 1 aliphatic heterocycles. The Morgan fingerprint density at radius 3 is 2.69 bits per heavy atom. The van der Waals surface area contributed by atoms with Crippen molar-refractivity contribution >= 4 is 0 Å². The van der Waals surface area contributed by atoms with Gasteiger partial charge in [-0.25, -0.2) is 0 Å². The van der Waals surface area contributed by atoms with E-state index in [0.29, 0.717) is 6.04 Å². The summed E-state index contributed by atoms with van der Waals surface area (Å²) >= 11 is 0. The van der Waals surface area contributed by atoms with E-state index in [1.807, 2.05) is 0 Å². The van der Waals surface area contributed by atoms with Gasteiger partial charge in [0.05, 0.1) is 0 Å². The standard InChI is InChI=1S/C14H30N2/c1-3-4-5-6-7-10-16-11-8-9-14(12-16)13(2)15/h13-14H,3-12,15H2,1-2H3. The van der Waals surface area contributed by atoms with E-state index in [4.69, 9.17) is 5.73 Å². The monoisotopic (exact) mass is 226 g/mol. The first-order valence-electron chi connectivity index (χ1n) is 7.22. The molecule has 0 bridgehead atoms. The van der Waals surface area contributed by atoms with Crippen LogP contribution in [0.2, 0.25) is 0 Å². The Morgan fingerprint density at radius 1 is 1.25 bits per heavy atom. The van der Waals surface area contributed by atoms with Crippen LogP contribution in [0, 0.1) is 5.92 Å². The molecule has 0 amide bonds. The van der Waals surface area contributed by atoms with Crippen LogP contribution in [0.4, 0.5) is 0 Å². The van der Waals surface area contributed by atoms with E-state index in [9.17, 15) is 0 Å². The normalized spacial score (nSPS) is 24.6. The zero-order valence-electron chi connectivity index (χ0n) is 11.3. The van der Waals surface area contributed by atoms with E-state index in [0.717, 1.165) is 5.92 Å². The van der Waals surface area contributed by atoms with Gasteiger partial charge in [0.1, 0.15) is 0 Å². The fraction of sp³-hybridized carbons (Fsp3) is 1.00. The zero-order chi connectivity index (χ0) is 11.8. The van der Waals surface area contributed by atoms with Crippen LogP contribution in [-0.2, 0) is 0 Å². The molecule has 1 fully saturated rings. The second-order valence-electron chi connectivity index (χ2n) is 5.48. The molecule has 0 radical (unpaired) electrons. The van der Waals surface area contributed by atoms with Gasteiger partial charge in [0.2, 0.25) is 0 Å². The topological polar surface area (TPSA) is 29.3 Å². The van der Waals surface area contributed by atoms with Crippen molar-refractivity contribution in [2.45, 2.75) is 64.8 Å². The van der Waals surface area contributed by atoms with E-state index in [1.165, 1.54) is 64.6 Å². The van der Waals surface area contributed by atoms with Crippen LogP contribution in [0.5, 0.6) is 0 Å². The molecule has 1 saturated heterocycles. The van der Waals surface area contributed by atoms with Crippen LogP contribution in [0.25, 0.3) is 0 Å². The average Bonchev–Trinajstić information content (AvgIpc) is 2.29. The Balaban J connectivity index is 2.07. The van der Waals surface area contributed by atoms with Crippen molar-refractivity contribution in [2.75, 3.05) is 19.6 Å². The molecule has 0 saturated carbocycles. The van der Waals surface area contributed by atoms with Crippen molar-refractivity contribution in [3.05, 3.63) is 0 Å². The number of nitrogens with two attached hydrogens (primary N) is 1. The first-order chi connectivity index (χ1) is 7.74. The summed E-state index contributed by atoms with van der Waals surface area (Å²) in [5, 5.41) is 0. The summed E-state index contributed by atoms with van der Waals surface area (Å²) < 4.78 is 0. The third-order valence-electron chi connectivity index (χ3n) is 3.86. The summed E-state index contributed by atoms with van der Waals surface area (Å²) in [5.41, 5.74) is 6.00. The summed E-state index contributed by atoms with van der Waals surface area (Å²) in [5.74, 6) is 0.740. The van der Waals surface area contributed by atoms with Gasteiger partial charge in [-0.2, -0.15) is 0 Å². The van der Waals surface area contributed by atoms with Crippen LogP contribution >= 0.6 is 0 Å². The number of hydrogen-bond acceptors (Lipinski definition) is 2. The highest BCUT2D eigenvalue weighted by atomic mass is 15.1. The van der Waals surface area contributed by atoms with Crippen LogP contribution < -0.4 is 5.73 Å². The number of hydrogen-bond donors (Lipinski definition) is 1. The molecule has 0 spiro atoms. The predicted molar refractivity (Wildman–Crippen MR) is 71.6 cm³/mol. The van der Waals surface area contributed by atoms with Gasteiger partial charge >= 0.3 is 0 Å². The minimum absolute atomic E-state index is 0.378. The molecule has 2 nitrogen and oxygen atoms in total. The lowest BCUT2D eigenvalue weighted by molar-refractivity contribution is 0.158. The number of piperidine rings is 1. The van der Waals surface area contributed by atoms with Gasteiger partial charge in [-0.1, -0.05) is 32.6 Å². The molecule has 1 aliphatic rings. The maximum atomic E-state index is 6.00. The summed E-state index contributed by atoms with van der Waals surface area (Å²) in [6.45, 7) is 8.28. The molecule has 16 heavy (non-hydrogen) atoms. The van der Waals surface area contributed by atoms with Gasteiger partial charge in [-0.3, -0.25) is 0 Å². The van der Waals surface area contributed by atoms with Crippen molar-refractivity contribution < 1.29 is 0 Å². The second kappa shape index (κ2) is 8.08. The Kier molecular flexibility index (Phi) is 7.06. The molecular weight excluding hydrogens is 196 g/mol. The van der Waals surface area contributed by atoms with E-state index in [2.05, 4.69) is 18.7 Å². The van der Waals surface area contributed by atoms with Crippen molar-refractivity contribution in [3.63, 3.8) is 0 Å². The molecule has 2 unspecified atom stereocenters. The molecule has 96 valence electrons. The molecule has 2 atom stereocenters. The van der Waals surface area contributed by atoms with Gasteiger partial charge in [0, 0.05) is 12.6 Å². The SMILES string of the molecule is CCCCCCCN1CCCC(C(C)N)C1. The second-order valence-corrected chi connectivity index (χ2v) is 5.48. The lowest BCUT2D eigenvalue weighted by Gasteiger charge is -2.34. The van der Waals surface area contributed by atoms with Gasteiger partial charge in [-0.15, -0.1) is 0 Å². The molecule has 2 N–H and O–H groups in total. The fourth-order valence-corrected chi connectivity index (χ4v) is 2.66. The quantitative estimate of drug-likeness (QED) is 0.676. The van der Waals surface area contributed by atoms with Crippen molar-refractivity contribution in [1.82, 2.24) is 4.90 Å². The molecule has 0 aliphatic carbocycles. The minimum Gasteiger partial charge on any atom is -0.328 e. The van der Waals surface area contributed by atoms with Crippen molar-refractivity contribution in [3.8, 4) is 0 Å². The van der Waals surface area contributed by atoms with Crippen LogP contribution in [-0.4, -0.2) is 30.6 Å². The molecule has 0 aromatic heterocycles. The van der Waals surface area contributed by atoms with E-state index in [-0.39, 0.29) is 0 Å². The lowest BCUT2D eigenvalue weighted by atomic mass is 9.92. The molecule has 1 rings (SSSR count). The first-order valence-corrected chi connectivity index (χ1v) is 7.22. The number of likely N-dealkylation sites (tertiary alicyclic amines) is 1. The number of rotatable bonds is 7. The number of nitrogens with zero attached hydrogens (tertiary/aromatic N) is 1. The molecule has 0 aromatic carbocycles. The molecular formula is C14H30N2. The lowest BCUT2D eigenvalue weighted by Crippen LogP contribution is -2.42. The van der Waals surface area contributed by atoms with Crippen LogP contribution in [0.1, 0.15) is 58.8 Å². The van der Waals surface area contributed by atoms with Gasteiger partial charge in [0.25, 0.3) is 0 Å². The Labute approximate surface area is 102 Å². The Bertz CT molecular complexity index is 168. The maximum absolute atomic E-state index is 6.00. The van der Waals surface area contributed by atoms with Gasteiger partial charge in [0.15, 0.2) is 0 Å². The fourth-order valence-electron chi connectivity index (χ4n) is 2.66. The van der Waals surface area contributed by atoms with Crippen LogP contribution in [0.15, 0.2) is 0 Å². The highest BCUT2D eigenvalue weighted by molar-refractivity contribution is 4.78. The van der Waals surface area contributed by atoms with E-state index < -0.39 is 0 Å². The minimum atomic E-state index is 0.378. The summed E-state index contributed by atoms with van der Waals surface area (Å²) in [6, 6.07) is 0.378. The maximum Gasteiger partial charge on any atom is 0.00509 e. The van der Waals surface area contributed by atoms with Crippen molar-refractivity contribution in [1.29, 1.82) is 0 Å². The number of unbranched alkanes of at least 4 members (excludes halogenated alkanes) is 4. The van der Waals surface area contributed by atoms with Crippen LogP contribution in [0.3, 0.4) is 0 Å².